The van der Waals surface area contributed by atoms with Crippen LogP contribution >= 0.6 is 0 Å². The molecule has 30 heavy (non-hydrogen) atoms. The third-order valence-electron chi connectivity index (χ3n) is 5.43. The minimum atomic E-state index is -3.24. The first-order chi connectivity index (χ1) is 14.5. The summed E-state index contributed by atoms with van der Waals surface area (Å²) in [6.45, 7) is 9.05. The molecule has 160 valence electrons. The van der Waals surface area contributed by atoms with Gasteiger partial charge in [-0.15, -0.1) is 0 Å². The van der Waals surface area contributed by atoms with Gasteiger partial charge in [0, 0.05) is 52.1 Å². The van der Waals surface area contributed by atoms with Crippen molar-refractivity contribution in [2.45, 2.75) is 11.8 Å². The molecule has 1 aromatic carbocycles. The molecule has 4 rings (SSSR count). The number of anilines is 1. The number of nitrogens with one attached hydrogen (secondary N) is 1. The smallest absolute Gasteiger partial charge is 0.175 e. The van der Waals surface area contributed by atoms with E-state index in [1.54, 1.807) is 41.5 Å². The Morgan fingerprint density at radius 3 is 2.53 bits per heavy atom. The lowest BCUT2D eigenvalue weighted by atomic mass is 10.3. The molecule has 3 heterocycles. The van der Waals surface area contributed by atoms with Gasteiger partial charge >= 0.3 is 0 Å². The van der Waals surface area contributed by atoms with Crippen molar-refractivity contribution >= 4 is 26.7 Å². The number of aromatic nitrogens is 4. The average molecular weight is 430 g/mol. The summed E-state index contributed by atoms with van der Waals surface area (Å²) in [7, 11) is -3.24. The Hall–Kier alpha value is -2.56. The number of likely N-dealkylation sites (N-methyl/N-ethyl adjacent to an activating group) is 1. The van der Waals surface area contributed by atoms with Crippen molar-refractivity contribution in [1.29, 1.82) is 0 Å². The first kappa shape index (κ1) is 20.7. The average Bonchev–Trinajstić information content (AvgIpc) is 3.19. The number of piperazine rings is 1. The molecule has 0 spiro atoms. The van der Waals surface area contributed by atoms with E-state index in [1.165, 1.54) is 6.26 Å². The highest BCUT2D eigenvalue weighted by atomic mass is 32.2. The van der Waals surface area contributed by atoms with Crippen LogP contribution in [0.1, 0.15) is 6.92 Å². The maximum Gasteiger partial charge on any atom is 0.175 e. The molecule has 0 radical (unpaired) electrons. The molecule has 1 fully saturated rings. The molecule has 0 atom stereocenters. The van der Waals surface area contributed by atoms with Crippen LogP contribution in [0.4, 0.5) is 5.82 Å². The summed E-state index contributed by atoms with van der Waals surface area (Å²) >= 11 is 0. The fourth-order valence-corrected chi connectivity index (χ4v) is 4.35. The van der Waals surface area contributed by atoms with Crippen LogP contribution in [0.15, 0.2) is 41.7 Å². The van der Waals surface area contributed by atoms with Crippen LogP contribution in [-0.4, -0.2) is 85.1 Å². The highest BCUT2D eigenvalue weighted by Crippen LogP contribution is 2.25. The van der Waals surface area contributed by atoms with Gasteiger partial charge in [0.1, 0.15) is 12.1 Å². The predicted octanol–water partition coefficient (Wildman–Crippen LogP) is 0.951. The lowest BCUT2D eigenvalue weighted by Gasteiger charge is -2.30. The fraction of sp³-hybridized carbons (Fsp3) is 0.450. The van der Waals surface area contributed by atoms with E-state index in [1.807, 2.05) is 0 Å². The molecule has 0 aliphatic carbocycles. The monoisotopic (exact) mass is 429 g/mol. The van der Waals surface area contributed by atoms with Crippen molar-refractivity contribution < 1.29 is 8.42 Å². The predicted molar refractivity (Wildman–Crippen MR) is 117 cm³/mol. The van der Waals surface area contributed by atoms with E-state index in [2.05, 4.69) is 37.1 Å². The van der Waals surface area contributed by atoms with Gasteiger partial charge in [-0.05, 0) is 31.2 Å². The Balaban J connectivity index is 1.60. The van der Waals surface area contributed by atoms with Crippen molar-refractivity contribution in [2.75, 3.05) is 57.0 Å². The van der Waals surface area contributed by atoms with Crippen LogP contribution in [0.2, 0.25) is 0 Å². The van der Waals surface area contributed by atoms with Crippen LogP contribution < -0.4 is 10.2 Å². The van der Waals surface area contributed by atoms with Gasteiger partial charge in [0.25, 0.3) is 0 Å². The Kier molecular flexibility index (Phi) is 5.98. The molecule has 2 aromatic heterocycles. The first-order valence-electron chi connectivity index (χ1n) is 10.1. The van der Waals surface area contributed by atoms with Gasteiger partial charge in [-0.1, -0.05) is 0 Å². The Bertz CT molecular complexity index is 1110. The molecule has 3 aromatic rings. The normalized spacial score (nSPS) is 15.5. The van der Waals surface area contributed by atoms with E-state index in [0.29, 0.717) is 5.65 Å². The van der Waals surface area contributed by atoms with Gasteiger partial charge in [-0.3, -0.25) is 4.90 Å². The van der Waals surface area contributed by atoms with Crippen molar-refractivity contribution in [1.82, 2.24) is 30.0 Å². The highest BCUT2D eigenvalue weighted by Gasteiger charge is 2.17. The van der Waals surface area contributed by atoms with Gasteiger partial charge in [0.15, 0.2) is 15.5 Å². The zero-order valence-corrected chi connectivity index (χ0v) is 18.1. The van der Waals surface area contributed by atoms with E-state index >= 15 is 0 Å². The number of hydrogen-bond donors (Lipinski definition) is 1. The van der Waals surface area contributed by atoms with Crippen LogP contribution in [0, 0.1) is 0 Å². The van der Waals surface area contributed by atoms with Gasteiger partial charge in [0.05, 0.1) is 22.2 Å². The topological polar surface area (TPSA) is 96.2 Å². The molecule has 0 amide bonds. The minimum absolute atomic E-state index is 0.281. The quantitative estimate of drug-likeness (QED) is 0.593. The van der Waals surface area contributed by atoms with E-state index in [4.69, 9.17) is 0 Å². The molecule has 0 saturated carbocycles. The Morgan fingerprint density at radius 2 is 1.87 bits per heavy atom. The van der Waals surface area contributed by atoms with E-state index in [-0.39, 0.29) is 4.90 Å². The zero-order valence-electron chi connectivity index (χ0n) is 17.3. The summed E-state index contributed by atoms with van der Waals surface area (Å²) in [4.78, 5) is 14.0. The Morgan fingerprint density at radius 1 is 1.13 bits per heavy atom. The molecule has 1 saturated heterocycles. The maximum absolute atomic E-state index is 11.7. The highest BCUT2D eigenvalue weighted by molar-refractivity contribution is 7.90. The van der Waals surface area contributed by atoms with Crippen molar-refractivity contribution in [3.63, 3.8) is 0 Å². The Labute approximate surface area is 176 Å². The van der Waals surface area contributed by atoms with Gasteiger partial charge in [0.2, 0.25) is 0 Å². The second kappa shape index (κ2) is 8.66. The number of fused-ring (bicyclic) bond motifs is 1. The van der Waals surface area contributed by atoms with Gasteiger partial charge < -0.3 is 10.2 Å². The molecule has 0 unspecified atom stereocenters. The SMILES string of the molecule is CCN(CCN1CCNCC1)c1ncnc2c1cnn2-c1ccc(S(C)(=O)=O)cc1. The number of nitrogens with zero attached hydrogens (tertiary/aromatic N) is 6. The fourth-order valence-electron chi connectivity index (χ4n) is 3.72. The molecular formula is C20H27N7O2S. The molecule has 9 nitrogen and oxygen atoms in total. The van der Waals surface area contributed by atoms with Crippen molar-refractivity contribution in [2.24, 2.45) is 0 Å². The molecule has 1 aliphatic heterocycles. The summed E-state index contributed by atoms with van der Waals surface area (Å²) in [5.41, 5.74) is 1.46. The molecular weight excluding hydrogens is 402 g/mol. The number of rotatable bonds is 7. The largest absolute Gasteiger partial charge is 0.355 e. The van der Waals surface area contributed by atoms with Crippen LogP contribution in [0.3, 0.4) is 0 Å². The second-order valence-electron chi connectivity index (χ2n) is 7.43. The molecule has 1 aliphatic rings. The van der Waals surface area contributed by atoms with Gasteiger partial charge in [-0.2, -0.15) is 5.10 Å². The summed E-state index contributed by atoms with van der Waals surface area (Å²) in [6, 6.07) is 6.66. The lowest BCUT2D eigenvalue weighted by Crippen LogP contribution is -2.46. The number of sulfone groups is 1. The second-order valence-corrected chi connectivity index (χ2v) is 9.44. The lowest BCUT2D eigenvalue weighted by molar-refractivity contribution is 0.245. The molecule has 1 N–H and O–H groups in total. The summed E-state index contributed by atoms with van der Waals surface area (Å²) in [6.07, 6.45) is 4.54. The summed E-state index contributed by atoms with van der Waals surface area (Å²) < 4.78 is 25.2. The number of benzene rings is 1. The van der Waals surface area contributed by atoms with Crippen LogP contribution in [-0.2, 0) is 9.84 Å². The van der Waals surface area contributed by atoms with Crippen molar-refractivity contribution in [3.05, 3.63) is 36.8 Å². The molecule has 10 heteroatoms. The summed E-state index contributed by atoms with van der Waals surface area (Å²) in [5, 5.41) is 8.77. The van der Waals surface area contributed by atoms with Crippen LogP contribution in [0.5, 0.6) is 0 Å². The third-order valence-corrected chi connectivity index (χ3v) is 6.56. The van der Waals surface area contributed by atoms with Crippen LogP contribution in [0.25, 0.3) is 16.7 Å². The minimum Gasteiger partial charge on any atom is -0.355 e. The van der Waals surface area contributed by atoms with E-state index in [0.717, 1.165) is 62.7 Å². The standard InChI is InChI=1S/C20H27N7O2S/c1-3-26(13-12-25-10-8-21-9-11-25)19-18-14-24-27(20(18)23-15-22-19)16-4-6-17(7-5-16)30(2,28)29/h4-7,14-15,21H,3,8-13H2,1-2H3. The maximum atomic E-state index is 11.7. The van der Waals surface area contributed by atoms with E-state index < -0.39 is 9.84 Å². The molecule has 0 bridgehead atoms. The number of hydrogen-bond acceptors (Lipinski definition) is 8. The zero-order chi connectivity index (χ0) is 21.1. The van der Waals surface area contributed by atoms with E-state index in [9.17, 15) is 8.42 Å². The van der Waals surface area contributed by atoms with Gasteiger partial charge in [-0.25, -0.2) is 23.1 Å². The van der Waals surface area contributed by atoms with Crippen molar-refractivity contribution in [3.8, 4) is 5.69 Å². The summed E-state index contributed by atoms with van der Waals surface area (Å²) in [5.74, 6) is 0.872. The first-order valence-corrected chi connectivity index (χ1v) is 12.0. The third kappa shape index (κ3) is 4.30.